The Morgan fingerprint density at radius 2 is 1.42 bits per heavy atom. The smallest absolute Gasteiger partial charge is 0.343 e. The highest BCUT2D eigenvalue weighted by molar-refractivity contribution is 9.10. The quantitative estimate of drug-likeness (QED) is 0.114. The number of esters is 1. The maximum Gasteiger partial charge on any atom is 0.343 e. The molecule has 0 aromatic heterocycles. The lowest BCUT2D eigenvalue weighted by molar-refractivity contribution is 0.0734. The van der Waals surface area contributed by atoms with Gasteiger partial charge in [0.25, 0.3) is 0 Å². The van der Waals surface area contributed by atoms with Gasteiger partial charge < -0.3 is 9.47 Å². The Morgan fingerprint density at radius 3 is 2.03 bits per heavy atom. The molecule has 0 radical (unpaired) electrons. The fourth-order valence-electron chi connectivity index (χ4n) is 4.06. The molecule has 1 atom stereocenters. The molecule has 0 N–H and O–H groups in total. The van der Waals surface area contributed by atoms with Crippen molar-refractivity contribution in [3.8, 4) is 22.6 Å². The summed E-state index contributed by atoms with van der Waals surface area (Å²) in [7, 11) is 0. The second-order valence-corrected chi connectivity index (χ2v) is 10.4. The van der Waals surface area contributed by atoms with E-state index in [1.54, 1.807) is 0 Å². The molecule has 36 heavy (non-hydrogen) atoms. The van der Waals surface area contributed by atoms with Gasteiger partial charge in [-0.15, -0.1) is 0 Å². The minimum absolute atomic E-state index is 0.356. The number of unbranched alkanes of at least 4 members (excludes halogenated alkanes) is 5. The highest BCUT2D eigenvalue weighted by Gasteiger charge is 2.12. The number of halogens is 1. The molecule has 0 aliphatic carbocycles. The predicted octanol–water partition coefficient (Wildman–Crippen LogP) is 9.66. The van der Waals surface area contributed by atoms with E-state index >= 15 is 0 Å². The average molecular weight is 552 g/mol. The van der Waals surface area contributed by atoms with E-state index in [4.69, 9.17) is 9.47 Å². The van der Waals surface area contributed by atoms with Crippen LogP contribution in [-0.2, 0) is 6.42 Å². The van der Waals surface area contributed by atoms with Crippen molar-refractivity contribution >= 4 is 21.9 Å². The van der Waals surface area contributed by atoms with Gasteiger partial charge >= 0.3 is 5.97 Å². The molecule has 0 amide bonds. The Hall–Kier alpha value is -2.59. The zero-order chi connectivity index (χ0) is 25.8. The van der Waals surface area contributed by atoms with Gasteiger partial charge in [-0.25, -0.2) is 4.79 Å². The second-order valence-electron chi connectivity index (χ2n) is 9.58. The summed E-state index contributed by atoms with van der Waals surface area (Å²) in [4.78, 5) is 12.7. The molecule has 0 heterocycles. The van der Waals surface area contributed by atoms with E-state index in [-0.39, 0.29) is 5.97 Å². The molecule has 4 heteroatoms. The van der Waals surface area contributed by atoms with Crippen molar-refractivity contribution < 1.29 is 14.3 Å². The Bertz CT molecular complexity index is 1070. The Labute approximate surface area is 225 Å². The standard InChI is InChI=1S/C32H39BrO3/c1-4-6-7-8-9-10-21-35-29-17-13-25(14-18-29)26-15-19-30(20-16-26)36-32(34)28-12-11-27(31(33)23-28)22-24(3)5-2/h11-20,23-24H,4-10,21-22H2,1-3H3. The first-order chi connectivity index (χ1) is 17.5. The van der Waals surface area contributed by atoms with E-state index < -0.39 is 0 Å². The van der Waals surface area contributed by atoms with Crippen LogP contribution in [0.2, 0.25) is 0 Å². The zero-order valence-electron chi connectivity index (χ0n) is 21.9. The lowest BCUT2D eigenvalue weighted by Crippen LogP contribution is -2.09. The van der Waals surface area contributed by atoms with Gasteiger partial charge in [-0.3, -0.25) is 0 Å². The maximum atomic E-state index is 12.7. The summed E-state index contributed by atoms with van der Waals surface area (Å²) in [5.74, 6) is 1.68. The molecular weight excluding hydrogens is 512 g/mol. The number of rotatable bonds is 14. The van der Waals surface area contributed by atoms with E-state index in [2.05, 4.69) is 48.8 Å². The van der Waals surface area contributed by atoms with Crippen LogP contribution < -0.4 is 9.47 Å². The van der Waals surface area contributed by atoms with E-state index in [9.17, 15) is 4.79 Å². The maximum absolute atomic E-state index is 12.7. The van der Waals surface area contributed by atoms with Gasteiger partial charge in [-0.1, -0.05) is 106 Å². The van der Waals surface area contributed by atoms with Gasteiger partial charge in [0.05, 0.1) is 12.2 Å². The number of carbonyl (C=O) groups is 1. The summed E-state index contributed by atoms with van der Waals surface area (Å²) in [6, 6.07) is 21.5. The lowest BCUT2D eigenvalue weighted by atomic mass is 9.98. The molecule has 3 aromatic rings. The molecule has 3 rings (SSSR count). The second kappa shape index (κ2) is 14.8. The third-order valence-electron chi connectivity index (χ3n) is 6.57. The van der Waals surface area contributed by atoms with Crippen molar-refractivity contribution in [2.75, 3.05) is 6.61 Å². The molecule has 3 nitrogen and oxygen atoms in total. The number of benzene rings is 3. The molecular formula is C32H39BrO3. The van der Waals surface area contributed by atoms with Gasteiger partial charge in [-0.05, 0) is 71.8 Å². The number of hydrogen-bond donors (Lipinski definition) is 0. The Morgan fingerprint density at radius 1 is 0.806 bits per heavy atom. The van der Waals surface area contributed by atoms with E-state index in [1.165, 1.54) is 37.7 Å². The van der Waals surface area contributed by atoms with Crippen LogP contribution in [0.15, 0.2) is 71.2 Å². The monoisotopic (exact) mass is 550 g/mol. The van der Waals surface area contributed by atoms with Gasteiger partial charge in [0.1, 0.15) is 11.5 Å². The summed E-state index contributed by atoms with van der Waals surface area (Å²) in [6.07, 6.45) is 9.68. The summed E-state index contributed by atoms with van der Waals surface area (Å²) >= 11 is 3.61. The molecule has 0 saturated carbocycles. The molecule has 1 unspecified atom stereocenters. The summed E-state index contributed by atoms with van der Waals surface area (Å²) in [5.41, 5.74) is 3.91. The van der Waals surface area contributed by atoms with Crippen LogP contribution in [0.3, 0.4) is 0 Å². The van der Waals surface area contributed by atoms with Crippen molar-refractivity contribution in [1.82, 2.24) is 0 Å². The SMILES string of the molecule is CCCCCCCCOc1ccc(-c2ccc(OC(=O)c3ccc(CC(C)CC)c(Br)c3)cc2)cc1. The van der Waals surface area contributed by atoms with Crippen LogP contribution in [-0.4, -0.2) is 12.6 Å². The highest BCUT2D eigenvalue weighted by atomic mass is 79.9. The minimum Gasteiger partial charge on any atom is -0.494 e. The van der Waals surface area contributed by atoms with Crippen molar-refractivity contribution in [3.05, 3.63) is 82.3 Å². The number of hydrogen-bond acceptors (Lipinski definition) is 3. The Balaban J connectivity index is 1.50. The third-order valence-corrected chi connectivity index (χ3v) is 7.31. The van der Waals surface area contributed by atoms with Crippen molar-refractivity contribution in [2.24, 2.45) is 5.92 Å². The number of ether oxygens (including phenoxy) is 2. The van der Waals surface area contributed by atoms with Crippen LogP contribution in [0.5, 0.6) is 11.5 Å². The minimum atomic E-state index is -0.356. The van der Waals surface area contributed by atoms with E-state index in [1.807, 2.05) is 54.6 Å². The molecule has 192 valence electrons. The van der Waals surface area contributed by atoms with E-state index in [0.717, 1.165) is 47.2 Å². The zero-order valence-corrected chi connectivity index (χ0v) is 23.5. The first kappa shape index (κ1) is 28.0. The van der Waals surface area contributed by atoms with Crippen molar-refractivity contribution in [2.45, 2.75) is 72.1 Å². The van der Waals surface area contributed by atoms with Crippen LogP contribution in [0.1, 0.15) is 81.6 Å². The molecule has 0 saturated heterocycles. The first-order valence-corrected chi connectivity index (χ1v) is 14.1. The van der Waals surface area contributed by atoms with E-state index in [0.29, 0.717) is 17.2 Å². The van der Waals surface area contributed by atoms with Crippen LogP contribution in [0.4, 0.5) is 0 Å². The summed E-state index contributed by atoms with van der Waals surface area (Å²) in [5, 5.41) is 0. The fraction of sp³-hybridized carbons (Fsp3) is 0.406. The largest absolute Gasteiger partial charge is 0.494 e. The lowest BCUT2D eigenvalue weighted by Gasteiger charge is -2.12. The molecule has 0 bridgehead atoms. The normalized spacial score (nSPS) is 11.8. The van der Waals surface area contributed by atoms with Crippen molar-refractivity contribution in [1.29, 1.82) is 0 Å². The highest BCUT2D eigenvalue weighted by Crippen LogP contribution is 2.26. The molecule has 0 spiro atoms. The third kappa shape index (κ3) is 8.81. The van der Waals surface area contributed by atoms with Gasteiger partial charge in [0, 0.05) is 4.47 Å². The first-order valence-electron chi connectivity index (χ1n) is 13.3. The number of carbonyl (C=O) groups excluding carboxylic acids is 1. The fourth-order valence-corrected chi connectivity index (χ4v) is 4.60. The van der Waals surface area contributed by atoms with Gasteiger partial charge in [0.2, 0.25) is 0 Å². The topological polar surface area (TPSA) is 35.5 Å². The van der Waals surface area contributed by atoms with Gasteiger partial charge in [-0.2, -0.15) is 0 Å². The van der Waals surface area contributed by atoms with Gasteiger partial charge in [0.15, 0.2) is 0 Å². The molecule has 0 fully saturated rings. The molecule has 0 aliphatic heterocycles. The van der Waals surface area contributed by atoms with Crippen molar-refractivity contribution in [3.63, 3.8) is 0 Å². The van der Waals surface area contributed by atoms with Crippen LogP contribution in [0.25, 0.3) is 11.1 Å². The Kier molecular flexibility index (Phi) is 11.5. The van der Waals surface area contributed by atoms with Crippen LogP contribution >= 0.6 is 15.9 Å². The molecule has 0 aliphatic rings. The predicted molar refractivity (Wildman–Crippen MR) is 153 cm³/mol. The van der Waals surface area contributed by atoms with Crippen LogP contribution in [0, 0.1) is 5.92 Å². The average Bonchev–Trinajstić information content (AvgIpc) is 2.90. The summed E-state index contributed by atoms with van der Waals surface area (Å²) < 4.78 is 12.5. The molecule has 3 aromatic carbocycles. The summed E-state index contributed by atoms with van der Waals surface area (Å²) in [6.45, 7) is 7.43.